The van der Waals surface area contributed by atoms with E-state index in [4.69, 9.17) is 0 Å². The minimum Gasteiger partial charge on any atom is -0.121 e. The third kappa shape index (κ3) is 4.01. The minimum atomic E-state index is -0.150. The van der Waals surface area contributed by atoms with E-state index in [1.54, 1.807) is 0 Å². The van der Waals surface area contributed by atoms with Gasteiger partial charge in [0.1, 0.15) is 2.14 Å². The molecule has 0 spiro atoms. The number of halogens is 4. The van der Waals surface area contributed by atoms with Crippen molar-refractivity contribution in [3.63, 3.8) is 0 Å². The molecule has 0 N–H and O–H groups in total. The van der Waals surface area contributed by atoms with Crippen molar-refractivity contribution in [1.29, 1.82) is 0 Å². The molecule has 2 atom stereocenters. The molecule has 1 aromatic carbocycles. The highest BCUT2D eigenvalue weighted by atomic mass is 80.0. The number of hydrogen-bond acceptors (Lipinski definition) is 1. The van der Waals surface area contributed by atoms with E-state index in [-0.39, 0.29) is 6.47 Å². The fraction of sp³-hybridized carbons (Fsp3) is 0.455. The predicted octanol–water partition coefficient (Wildman–Crippen LogP) is 5.91. The second kappa shape index (κ2) is 5.24. The molecule has 1 aliphatic rings. The zero-order valence-corrected chi connectivity index (χ0v) is 15.5. The van der Waals surface area contributed by atoms with Crippen LogP contribution < -0.4 is 0 Å². The molecule has 0 amide bonds. The third-order valence-corrected chi connectivity index (χ3v) is 6.21. The molecule has 0 saturated heterocycles. The van der Waals surface area contributed by atoms with Gasteiger partial charge in [-0.15, -0.1) is 11.8 Å². The van der Waals surface area contributed by atoms with Gasteiger partial charge in [0.05, 0.1) is 0 Å². The van der Waals surface area contributed by atoms with Gasteiger partial charge >= 0.3 is 0 Å². The zero-order valence-electron chi connectivity index (χ0n) is 8.30. The van der Waals surface area contributed by atoms with Crippen molar-refractivity contribution in [2.75, 3.05) is 0 Å². The number of rotatable bonds is 3. The quantitative estimate of drug-likeness (QED) is 0.472. The van der Waals surface area contributed by atoms with Crippen molar-refractivity contribution in [3.05, 3.63) is 30.3 Å². The minimum absolute atomic E-state index is 0.150. The summed E-state index contributed by atoms with van der Waals surface area (Å²) in [4.78, 5) is 1.35. The van der Waals surface area contributed by atoms with E-state index < -0.39 is 0 Å². The predicted molar refractivity (Wildman–Crippen MR) is 86.5 cm³/mol. The smallest absolute Gasteiger partial charge is 0.121 e. The van der Waals surface area contributed by atoms with Gasteiger partial charge in [-0.3, -0.25) is 0 Å². The number of benzene rings is 1. The van der Waals surface area contributed by atoms with Crippen LogP contribution in [0.3, 0.4) is 0 Å². The molecular weight excluding hydrogens is 484 g/mol. The Kier molecular flexibility index (Phi) is 4.55. The third-order valence-electron chi connectivity index (χ3n) is 2.46. The normalized spacial score (nSPS) is 29.1. The second-order valence-electron chi connectivity index (χ2n) is 3.95. The molecule has 5 heteroatoms. The van der Waals surface area contributed by atoms with Crippen molar-refractivity contribution in [1.82, 2.24) is 0 Å². The molecule has 1 fully saturated rings. The van der Waals surface area contributed by atoms with Crippen LogP contribution in [0.25, 0.3) is 0 Å². The lowest BCUT2D eigenvalue weighted by molar-refractivity contribution is 0.852. The van der Waals surface area contributed by atoms with Crippen molar-refractivity contribution in [2.45, 2.75) is 29.5 Å². The summed E-state index contributed by atoms with van der Waals surface area (Å²) in [5, 5.41) is 0.655. The molecule has 0 bridgehead atoms. The zero-order chi connectivity index (χ0) is 11.8. The van der Waals surface area contributed by atoms with Gasteiger partial charge in [-0.25, -0.2) is 0 Å². The number of thioether (sulfide) groups is 1. The first-order chi connectivity index (χ1) is 7.39. The summed E-state index contributed by atoms with van der Waals surface area (Å²) in [6, 6.07) is 10.6. The first-order valence-electron chi connectivity index (χ1n) is 4.86. The average molecular weight is 494 g/mol. The van der Waals surface area contributed by atoms with Crippen LogP contribution in [0.4, 0.5) is 0 Å². The van der Waals surface area contributed by atoms with Crippen LogP contribution in [0, 0.1) is 0 Å². The van der Waals surface area contributed by atoms with E-state index in [0.717, 1.165) is 6.42 Å². The molecule has 88 valence electrons. The van der Waals surface area contributed by atoms with E-state index in [1.165, 1.54) is 11.3 Å². The second-order valence-corrected chi connectivity index (χ2v) is 14.1. The molecule has 2 rings (SSSR count). The summed E-state index contributed by atoms with van der Waals surface area (Å²) < 4.78 is 0.0898. The van der Waals surface area contributed by atoms with Crippen LogP contribution in [-0.4, -0.2) is 11.7 Å². The molecule has 16 heavy (non-hydrogen) atoms. The summed E-state index contributed by atoms with van der Waals surface area (Å²) in [7, 11) is 0. The van der Waals surface area contributed by atoms with Crippen molar-refractivity contribution >= 4 is 75.5 Å². The summed E-state index contributed by atoms with van der Waals surface area (Å²) in [5.41, 5.74) is 0. The Morgan fingerprint density at radius 1 is 1.25 bits per heavy atom. The first kappa shape index (κ1) is 13.9. The fourth-order valence-corrected chi connectivity index (χ4v) is 6.77. The van der Waals surface area contributed by atoms with Crippen LogP contribution >= 0.6 is 75.5 Å². The lowest BCUT2D eigenvalue weighted by atomic mass is 10.3. The first-order valence-corrected chi connectivity index (χ1v) is 8.92. The number of alkyl halides is 4. The van der Waals surface area contributed by atoms with E-state index in [1.807, 2.05) is 11.8 Å². The summed E-state index contributed by atoms with van der Waals surface area (Å²) >= 11 is 16.5. The Labute approximate surface area is 134 Å². The fourth-order valence-electron chi connectivity index (χ4n) is 1.58. The van der Waals surface area contributed by atoms with Gasteiger partial charge in [-0.05, 0) is 25.0 Å². The van der Waals surface area contributed by atoms with Gasteiger partial charge in [0.25, 0.3) is 0 Å². The van der Waals surface area contributed by atoms with Gasteiger partial charge < -0.3 is 0 Å². The van der Waals surface area contributed by atoms with E-state index in [9.17, 15) is 0 Å². The van der Waals surface area contributed by atoms with Crippen molar-refractivity contribution < 1.29 is 0 Å². The van der Waals surface area contributed by atoms with Crippen LogP contribution in [0.5, 0.6) is 0 Å². The Morgan fingerprint density at radius 2 is 1.88 bits per heavy atom. The maximum absolute atomic E-state index is 3.84. The molecule has 1 aromatic rings. The van der Waals surface area contributed by atoms with Gasteiger partial charge in [0.15, 0.2) is 0 Å². The van der Waals surface area contributed by atoms with Gasteiger partial charge in [0.2, 0.25) is 0 Å². The molecule has 0 aliphatic heterocycles. The lowest BCUT2D eigenvalue weighted by Crippen LogP contribution is -2.13. The van der Waals surface area contributed by atoms with E-state index in [0.29, 0.717) is 5.25 Å². The Hall–Kier alpha value is 1.49. The Bertz CT molecular complexity index is 362. The van der Waals surface area contributed by atoms with Gasteiger partial charge in [-0.1, -0.05) is 81.9 Å². The van der Waals surface area contributed by atoms with Crippen molar-refractivity contribution in [3.8, 4) is 0 Å². The average Bonchev–Trinajstić information content (AvgIpc) is 2.74. The maximum Gasteiger partial charge on any atom is 0.136 e. The van der Waals surface area contributed by atoms with Crippen LogP contribution in [-0.2, 0) is 0 Å². The van der Waals surface area contributed by atoms with E-state index >= 15 is 0 Å². The lowest BCUT2D eigenvalue weighted by Gasteiger charge is -2.17. The largest absolute Gasteiger partial charge is 0.136 e. The van der Waals surface area contributed by atoms with Gasteiger partial charge in [0, 0.05) is 14.5 Å². The monoisotopic (exact) mass is 490 g/mol. The molecule has 2 unspecified atom stereocenters. The molecular formula is C11H10Br4S. The molecule has 0 aromatic heterocycles. The Balaban J connectivity index is 1.92. The highest BCUT2D eigenvalue weighted by Crippen LogP contribution is 2.61. The highest BCUT2D eigenvalue weighted by Gasteiger charge is 2.55. The number of hydrogen-bond donors (Lipinski definition) is 0. The maximum atomic E-state index is 3.84. The standard InChI is InChI=1S/C11H10Br4S/c12-10(7-11(13,14)15)6-9(10)16-8-4-2-1-3-5-8/h1-5,9H,6-7H2. The molecule has 0 heterocycles. The van der Waals surface area contributed by atoms with Crippen molar-refractivity contribution in [2.24, 2.45) is 0 Å². The van der Waals surface area contributed by atoms with Gasteiger partial charge in [-0.2, -0.15) is 0 Å². The molecule has 0 nitrogen and oxygen atoms in total. The summed E-state index contributed by atoms with van der Waals surface area (Å²) in [6.07, 6.45) is 2.21. The van der Waals surface area contributed by atoms with Crippen LogP contribution in [0.2, 0.25) is 0 Å². The topological polar surface area (TPSA) is 0 Å². The SMILES string of the molecule is BrC(Br)(Br)CC1(Br)CC1Sc1ccccc1. The summed E-state index contributed by atoms with van der Waals surface area (Å²) in [6.45, 7) is 0. The molecule has 1 saturated carbocycles. The van der Waals surface area contributed by atoms with E-state index in [2.05, 4.69) is 94.1 Å². The summed E-state index contributed by atoms with van der Waals surface area (Å²) in [5.74, 6) is 0. The van der Waals surface area contributed by atoms with Crippen LogP contribution in [0.1, 0.15) is 12.8 Å². The molecule has 0 radical (unpaired) electrons. The van der Waals surface area contributed by atoms with Crippen LogP contribution in [0.15, 0.2) is 35.2 Å². The highest BCUT2D eigenvalue weighted by molar-refractivity contribution is 9.39. The molecule has 1 aliphatic carbocycles. The Morgan fingerprint density at radius 3 is 2.44 bits per heavy atom.